The zero-order valence-corrected chi connectivity index (χ0v) is 12.6. The fourth-order valence-electron chi connectivity index (χ4n) is 2.42. The highest BCUT2D eigenvalue weighted by Crippen LogP contribution is 2.10. The molecule has 3 heterocycles. The molecule has 1 N–H and O–H groups in total. The number of benzene rings is 1. The summed E-state index contributed by atoms with van der Waals surface area (Å²) in [4.78, 5) is 12.3. The summed E-state index contributed by atoms with van der Waals surface area (Å²) in [5.41, 5.74) is 3.04. The molecule has 0 radical (unpaired) electrons. The molecule has 0 bridgehead atoms. The number of nitrogens with one attached hydrogen (secondary N) is 1. The second kappa shape index (κ2) is 5.92. The third-order valence-electron chi connectivity index (χ3n) is 3.57. The Hall–Kier alpha value is -3.55. The lowest BCUT2D eigenvalue weighted by atomic mass is 10.2. The SMILES string of the molecule is O=C(NCc1cc2ccccn2n1)c1cccc(-n2cnnn2)c1. The van der Waals surface area contributed by atoms with Crippen LogP contribution in [0.4, 0.5) is 0 Å². The van der Waals surface area contributed by atoms with E-state index in [9.17, 15) is 4.79 Å². The number of tetrazole rings is 1. The first kappa shape index (κ1) is 14.1. The molecule has 0 atom stereocenters. The van der Waals surface area contributed by atoms with Crippen molar-refractivity contribution >= 4 is 11.4 Å². The lowest BCUT2D eigenvalue weighted by Crippen LogP contribution is -2.23. The number of hydrogen-bond donors (Lipinski definition) is 1. The Bertz CT molecular complexity index is 958. The van der Waals surface area contributed by atoms with Crippen molar-refractivity contribution in [2.24, 2.45) is 0 Å². The lowest BCUT2D eigenvalue weighted by Gasteiger charge is -2.05. The van der Waals surface area contributed by atoms with Crippen molar-refractivity contribution < 1.29 is 4.79 Å². The third kappa shape index (κ3) is 2.72. The topological polar surface area (TPSA) is 90.0 Å². The van der Waals surface area contributed by atoms with Crippen LogP contribution in [0, 0.1) is 0 Å². The lowest BCUT2D eigenvalue weighted by molar-refractivity contribution is 0.0950. The van der Waals surface area contributed by atoms with Gasteiger partial charge in [-0.2, -0.15) is 5.10 Å². The Morgan fingerprint density at radius 3 is 2.92 bits per heavy atom. The van der Waals surface area contributed by atoms with Gasteiger partial charge in [-0.25, -0.2) is 9.20 Å². The Morgan fingerprint density at radius 1 is 1.12 bits per heavy atom. The highest BCUT2D eigenvalue weighted by Gasteiger charge is 2.09. The maximum absolute atomic E-state index is 12.3. The van der Waals surface area contributed by atoms with Crippen molar-refractivity contribution in [1.82, 2.24) is 35.1 Å². The van der Waals surface area contributed by atoms with Crippen LogP contribution in [-0.2, 0) is 6.54 Å². The molecule has 0 aliphatic carbocycles. The van der Waals surface area contributed by atoms with Crippen LogP contribution in [-0.4, -0.2) is 35.7 Å². The summed E-state index contributed by atoms with van der Waals surface area (Å²) in [6.45, 7) is 0.357. The zero-order valence-electron chi connectivity index (χ0n) is 12.6. The average molecular weight is 319 g/mol. The minimum absolute atomic E-state index is 0.179. The summed E-state index contributed by atoms with van der Waals surface area (Å²) in [5, 5.41) is 18.3. The molecule has 0 saturated carbocycles. The minimum atomic E-state index is -0.179. The molecule has 3 aromatic heterocycles. The molecule has 0 unspecified atom stereocenters. The molecule has 0 saturated heterocycles. The van der Waals surface area contributed by atoms with Crippen LogP contribution in [0.2, 0.25) is 0 Å². The number of amides is 1. The van der Waals surface area contributed by atoms with E-state index in [4.69, 9.17) is 0 Å². The van der Waals surface area contributed by atoms with Crippen LogP contribution in [0.25, 0.3) is 11.2 Å². The maximum Gasteiger partial charge on any atom is 0.251 e. The van der Waals surface area contributed by atoms with Crippen molar-refractivity contribution in [2.45, 2.75) is 6.54 Å². The highest BCUT2D eigenvalue weighted by molar-refractivity contribution is 5.94. The maximum atomic E-state index is 12.3. The number of hydrogen-bond acceptors (Lipinski definition) is 5. The van der Waals surface area contributed by atoms with Gasteiger partial charge in [-0.3, -0.25) is 4.79 Å². The normalized spacial score (nSPS) is 10.8. The molecule has 0 fully saturated rings. The van der Waals surface area contributed by atoms with E-state index in [1.807, 2.05) is 36.5 Å². The van der Waals surface area contributed by atoms with E-state index in [1.54, 1.807) is 22.7 Å². The fraction of sp³-hybridized carbons (Fsp3) is 0.0625. The molecule has 4 rings (SSSR count). The van der Waals surface area contributed by atoms with E-state index in [0.29, 0.717) is 12.1 Å². The smallest absolute Gasteiger partial charge is 0.251 e. The first-order valence-electron chi connectivity index (χ1n) is 7.34. The molecule has 24 heavy (non-hydrogen) atoms. The van der Waals surface area contributed by atoms with Crippen molar-refractivity contribution in [2.75, 3.05) is 0 Å². The fourth-order valence-corrected chi connectivity index (χ4v) is 2.42. The van der Waals surface area contributed by atoms with E-state index in [-0.39, 0.29) is 5.91 Å². The summed E-state index contributed by atoms with van der Waals surface area (Å²) >= 11 is 0. The van der Waals surface area contributed by atoms with Crippen LogP contribution in [0.3, 0.4) is 0 Å². The van der Waals surface area contributed by atoms with Crippen LogP contribution in [0.5, 0.6) is 0 Å². The number of pyridine rings is 1. The Balaban J connectivity index is 1.49. The van der Waals surface area contributed by atoms with Gasteiger partial charge in [0, 0.05) is 11.8 Å². The Labute approximate surface area is 136 Å². The molecule has 8 heteroatoms. The van der Waals surface area contributed by atoms with Crippen molar-refractivity contribution in [3.63, 3.8) is 0 Å². The third-order valence-corrected chi connectivity index (χ3v) is 3.57. The average Bonchev–Trinajstić information content (AvgIpc) is 3.29. The summed E-state index contributed by atoms with van der Waals surface area (Å²) in [5.74, 6) is -0.179. The molecule has 118 valence electrons. The number of fused-ring (bicyclic) bond motifs is 1. The second-order valence-corrected chi connectivity index (χ2v) is 5.19. The van der Waals surface area contributed by atoms with Crippen molar-refractivity contribution in [3.05, 3.63) is 72.3 Å². The first-order valence-corrected chi connectivity index (χ1v) is 7.34. The molecule has 8 nitrogen and oxygen atoms in total. The van der Waals surface area contributed by atoms with E-state index in [2.05, 4.69) is 25.9 Å². The summed E-state index contributed by atoms with van der Waals surface area (Å²) < 4.78 is 3.28. The monoisotopic (exact) mass is 319 g/mol. The number of carbonyl (C=O) groups excluding carboxylic acids is 1. The van der Waals surface area contributed by atoms with Crippen LogP contribution < -0.4 is 5.32 Å². The molecular formula is C16H13N7O. The minimum Gasteiger partial charge on any atom is -0.346 e. The molecule has 1 aromatic carbocycles. The van der Waals surface area contributed by atoms with Gasteiger partial charge in [0.25, 0.3) is 5.91 Å². The van der Waals surface area contributed by atoms with E-state index >= 15 is 0 Å². The predicted octanol–water partition coefficient (Wildman–Crippen LogP) is 1.24. The predicted molar refractivity (Wildman–Crippen MR) is 85.5 cm³/mol. The Morgan fingerprint density at radius 2 is 2.08 bits per heavy atom. The van der Waals surface area contributed by atoms with Crippen LogP contribution >= 0.6 is 0 Å². The number of carbonyl (C=O) groups is 1. The van der Waals surface area contributed by atoms with Gasteiger partial charge in [-0.1, -0.05) is 12.1 Å². The van der Waals surface area contributed by atoms with Gasteiger partial charge in [0.05, 0.1) is 23.4 Å². The highest BCUT2D eigenvalue weighted by atomic mass is 16.1. The van der Waals surface area contributed by atoms with Gasteiger partial charge < -0.3 is 5.32 Å². The number of nitrogens with zero attached hydrogens (tertiary/aromatic N) is 6. The van der Waals surface area contributed by atoms with E-state index in [0.717, 1.165) is 16.9 Å². The number of aromatic nitrogens is 6. The van der Waals surface area contributed by atoms with Gasteiger partial charge in [0.1, 0.15) is 6.33 Å². The van der Waals surface area contributed by atoms with Crippen LogP contribution in [0.15, 0.2) is 61.1 Å². The van der Waals surface area contributed by atoms with Gasteiger partial charge in [0.2, 0.25) is 0 Å². The number of rotatable bonds is 4. The molecule has 0 aliphatic heterocycles. The standard InChI is InChI=1S/C16H13N7O/c24-16(12-4-3-6-14(8-12)23-11-18-20-21-23)17-10-13-9-15-5-1-2-7-22(15)19-13/h1-9,11H,10H2,(H,17,24). The first-order chi connectivity index (χ1) is 11.8. The van der Waals surface area contributed by atoms with Gasteiger partial charge in [-0.15, -0.1) is 5.10 Å². The quantitative estimate of drug-likeness (QED) is 0.611. The summed E-state index contributed by atoms with van der Waals surface area (Å²) in [7, 11) is 0. The molecule has 0 spiro atoms. The molecule has 4 aromatic rings. The van der Waals surface area contributed by atoms with E-state index < -0.39 is 0 Å². The molecule has 1 amide bonds. The van der Waals surface area contributed by atoms with Crippen LogP contribution in [0.1, 0.15) is 16.1 Å². The van der Waals surface area contributed by atoms with Gasteiger partial charge >= 0.3 is 0 Å². The Kier molecular flexibility index (Phi) is 3.47. The summed E-state index contributed by atoms with van der Waals surface area (Å²) in [6, 6.07) is 14.9. The largest absolute Gasteiger partial charge is 0.346 e. The van der Waals surface area contributed by atoms with Crippen molar-refractivity contribution in [1.29, 1.82) is 0 Å². The van der Waals surface area contributed by atoms with Gasteiger partial charge in [0.15, 0.2) is 0 Å². The van der Waals surface area contributed by atoms with Crippen molar-refractivity contribution in [3.8, 4) is 5.69 Å². The zero-order chi connectivity index (χ0) is 16.4. The second-order valence-electron chi connectivity index (χ2n) is 5.19. The van der Waals surface area contributed by atoms with E-state index in [1.165, 1.54) is 11.0 Å². The summed E-state index contributed by atoms with van der Waals surface area (Å²) in [6.07, 6.45) is 3.35. The van der Waals surface area contributed by atoms with Gasteiger partial charge in [-0.05, 0) is 46.8 Å². The molecular weight excluding hydrogens is 306 g/mol. The molecule has 0 aliphatic rings.